The van der Waals surface area contributed by atoms with Gasteiger partial charge in [0.1, 0.15) is 0 Å². The molecule has 0 unspecified atom stereocenters. The number of hydrogen-bond acceptors (Lipinski definition) is 2. The van der Waals surface area contributed by atoms with Crippen molar-refractivity contribution in [2.45, 2.75) is 6.54 Å². The largest absolute Gasteiger partial charge is 0.478 e. The van der Waals surface area contributed by atoms with E-state index in [0.717, 1.165) is 21.2 Å². The summed E-state index contributed by atoms with van der Waals surface area (Å²) in [5, 5.41) is 9.93. The van der Waals surface area contributed by atoms with Gasteiger partial charge in [-0.05, 0) is 52.3 Å². The lowest BCUT2D eigenvalue weighted by Gasteiger charge is -2.03. The molecule has 1 aromatic carbocycles. The molecule has 0 amide bonds. The molecule has 0 bridgehead atoms. The summed E-state index contributed by atoms with van der Waals surface area (Å²) in [6.45, 7) is 0.798. The summed E-state index contributed by atoms with van der Waals surface area (Å²) in [5.74, 6) is -0.892. The Bertz CT molecular complexity index is 760. The minimum Gasteiger partial charge on any atom is -0.478 e. The van der Waals surface area contributed by atoms with Crippen LogP contribution >= 0.6 is 27.3 Å². The van der Waals surface area contributed by atoms with E-state index in [1.54, 1.807) is 23.5 Å². The highest BCUT2D eigenvalue weighted by atomic mass is 79.9. The van der Waals surface area contributed by atoms with Crippen molar-refractivity contribution >= 4 is 44.1 Å². The zero-order valence-electron chi connectivity index (χ0n) is 9.84. The van der Waals surface area contributed by atoms with Crippen molar-refractivity contribution in [3.8, 4) is 0 Å². The molecule has 0 saturated carbocycles. The van der Waals surface area contributed by atoms with Crippen molar-refractivity contribution in [3.63, 3.8) is 0 Å². The van der Waals surface area contributed by atoms with Crippen molar-refractivity contribution in [1.29, 1.82) is 0 Å². The molecule has 0 aliphatic rings. The smallest absolute Gasteiger partial charge is 0.335 e. The Morgan fingerprint density at radius 1 is 1.26 bits per heavy atom. The third-order valence-corrected chi connectivity index (χ3v) is 4.58. The number of thiophene rings is 1. The maximum atomic E-state index is 10.9. The van der Waals surface area contributed by atoms with Gasteiger partial charge >= 0.3 is 5.97 Å². The Morgan fingerprint density at radius 3 is 2.79 bits per heavy atom. The van der Waals surface area contributed by atoms with Gasteiger partial charge in [0.15, 0.2) is 0 Å². The van der Waals surface area contributed by atoms with Gasteiger partial charge in [0.05, 0.1) is 15.9 Å². The fraction of sp³-hybridized carbons (Fsp3) is 0.0714. The van der Waals surface area contributed by atoms with Crippen LogP contribution in [0, 0.1) is 0 Å². The highest BCUT2D eigenvalue weighted by molar-refractivity contribution is 9.11. The summed E-state index contributed by atoms with van der Waals surface area (Å²) in [6, 6.07) is 11.3. The highest BCUT2D eigenvalue weighted by Gasteiger charge is 2.07. The fourth-order valence-corrected chi connectivity index (χ4v) is 3.56. The Balaban J connectivity index is 1.99. The second-order valence-corrected chi connectivity index (χ2v) is 6.78. The molecule has 0 atom stereocenters. The first-order valence-electron chi connectivity index (χ1n) is 5.70. The van der Waals surface area contributed by atoms with Gasteiger partial charge in [-0.15, -0.1) is 11.3 Å². The SMILES string of the molecule is O=C(O)c1ccc2c(ccn2Cc2ccc(Br)s2)c1. The molecule has 19 heavy (non-hydrogen) atoms. The van der Waals surface area contributed by atoms with Crippen LogP contribution in [0.3, 0.4) is 0 Å². The third kappa shape index (κ3) is 2.43. The average molecular weight is 336 g/mol. The van der Waals surface area contributed by atoms with E-state index in [1.165, 1.54) is 4.88 Å². The first kappa shape index (κ1) is 12.4. The standard InChI is InChI=1S/C14H10BrNO2S/c15-13-4-2-11(19-13)8-16-6-5-9-7-10(14(17)18)1-3-12(9)16/h1-7H,8H2,(H,17,18). The molecule has 0 radical (unpaired) electrons. The van der Waals surface area contributed by atoms with Gasteiger partial charge in [-0.1, -0.05) is 0 Å². The number of aromatic carboxylic acids is 1. The second-order valence-electron chi connectivity index (χ2n) is 4.23. The second kappa shape index (κ2) is 4.83. The molecule has 3 nitrogen and oxygen atoms in total. The van der Waals surface area contributed by atoms with Crippen LogP contribution in [0.5, 0.6) is 0 Å². The molecule has 1 N–H and O–H groups in total. The van der Waals surface area contributed by atoms with Crippen LogP contribution in [0.4, 0.5) is 0 Å². The quantitative estimate of drug-likeness (QED) is 0.778. The molecular weight excluding hydrogens is 326 g/mol. The van der Waals surface area contributed by atoms with E-state index in [-0.39, 0.29) is 0 Å². The zero-order chi connectivity index (χ0) is 13.4. The summed E-state index contributed by atoms with van der Waals surface area (Å²) in [7, 11) is 0. The number of aromatic nitrogens is 1. The van der Waals surface area contributed by atoms with Gasteiger partial charge in [0.25, 0.3) is 0 Å². The summed E-state index contributed by atoms with van der Waals surface area (Å²) in [5.41, 5.74) is 1.37. The maximum absolute atomic E-state index is 10.9. The fourth-order valence-electron chi connectivity index (χ4n) is 2.08. The average Bonchev–Trinajstić information content (AvgIpc) is 2.96. The van der Waals surface area contributed by atoms with E-state index in [4.69, 9.17) is 5.11 Å². The summed E-state index contributed by atoms with van der Waals surface area (Å²) >= 11 is 5.16. The predicted molar refractivity (Wildman–Crippen MR) is 80.0 cm³/mol. The molecule has 0 aliphatic carbocycles. The van der Waals surface area contributed by atoms with Crippen molar-refractivity contribution in [2.75, 3.05) is 0 Å². The molecule has 5 heteroatoms. The van der Waals surface area contributed by atoms with Crippen LogP contribution < -0.4 is 0 Å². The van der Waals surface area contributed by atoms with Gasteiger partial charge in [0, 0.05) is 22.0 Å². The Morgan fingerprint density at radius 2 is 2.11 bits per heavy atom. The number of hydrogen-bond donors (Lipinski definition) is 1. The number of carboxylic acid groups (broad SMARTS) is 1. The topological polar surface area (TPSA) is 42.2 Å². The molecule has 3 rings (SSSR count). The number of rotatable bonds is 3. The van der Waals surface area contributed by atoms with Gasteiger partial charge < -0.3 is 9.67 Å². The molecular formula is C14H10BrNO2S. The first-order chi connectivity index (χ1) is 9.13. The predicted octanol–water partition coefficient (Wildman–Crippen LogP) is 4.21. The van der Waals surface area contributed by atoms with Crippen LogP contribution in [0.1, 0.15) is 15.2 Å². The molecule has 96 valence electrons. The van der Waals surface area contributed by atoms with E-state index >= 15 is 0 Å². The maximum Gasteiger partial charge on any atom is 0.335 e. The minimum absolute atomic E-state index is 0.323. The molecule has 0 spiro atoms. The van der Waals surface area contributed by atoms with E-state index in [2.05, 4.69) is 26.6 Å². The number of carbonyl (C=O) groups is 1. The molecule has 0 fully saturated rings. The number of halogens is 1. The van der Waals surface area contributed by atoms with Crippen LogP contribution in [0.15, 0.2) is 46.4 Å². The molecule has 0 saturated heterocycles. The van der Waals surface area contributed by atoms with Crippen LogP contribution in [0.25, 0.3) is 10.9 Å². The van der Waals surface area contributed by atoms with Crippen LogP contribution in [0.2, 0.25) is 0 Å². The molecule has 3 aromatic rings. The Labute approximate surface area is 122 Å². The summed E-state index contributed by atoms with van der Waals surface area (Å²) < 4.78 is 3.24. The van der Waals surface area contributed by atoms with E-state index in [0.29, 0.717) is 5.56 Å². The molecule has 2 aromatic heterocycles. The van der Waals surface area contributed by atoms with Gasteiger partial charge in [0.2, 0.25) is 0 Å². The van der Waals surface area contributed by atoms with Crippen molar-refractivity contribution in [1.82, 2.24) is 4.57 Å². The molecule has 2 heterocycles. The molecule has 0 aliphatic heterocycles. The van der Waals surface area contributed by atoms with Gasteiger partial charge in [-0.2, -0.15) is 0 Å². The van der Waals surface area contributed by atoms with E-state index in [9.17, 15) is 4.79 Å². The van der Waals surface area contributed by atoms with E-state index < -0.39 is 5.97 Å². The summed E-state index contributed by atoms with van der Waals surface area (Å²) in [6.07, 6.45) is 1.99. The van der Waals surface area contributed by atoms with Crippen molar-refractivity contribution in [2.24, 2.45) is 0 Å². The number of carboxylic acids is 1. The Hall–Kier alpha value is -1.59. The number of fused-ring (bicyclic) bond motifs is 1. The lowest BCUT2D eigenvalue weighted by atomic mass is 10.1. The first-order valence-corrected chi connectivity index (χ1v) is 7.31. The van der Waals surface area contributed by atoms with Crippen LogP contribution in [-0.2, 0) is 6.54 Å². The monoisotopic (exact) mass is 335 g/mol. The third-order valence-electron chi connectivity index (χ3n) is 2.97. The summed E-state index contributed by atoms with van der Waals surface area (Å²) in [4.78, 5) is 12.2. The van der Waals surface area contributed by atoms with Crippen molar-refractivity contribution < 1.29 is 9.90 Å². The zero-order valence-corrected chi connectivity index (χ0v) is 12.2. The number of nitrogens with zero attached hydrogens (tertiary/aromatic N) is 1. The number of benzene rings is 1. The van der Waals surface area contributed by atoms with Gasteiger partial charge in [-0.3, -0.25) is 0 Å². The lowest BCUT2D eigenvalue weighted by molar-refractivity contribution is 0.0697. The highest BCUT2D eigenvalue weighted by Crippen LogP contribution is 2.25. The normalized spacial score (nSPS) is 11.0. The van der Waals surface area contributed by atoms with Crippen molar-refractivity contribution in [3.05, 3.63) is 56.8 Å². The Kier molecular flexibility index (Phi) is 3.16. The minimum atomic E-state index is -0.892. The van der Waals surface area contributed by atoms with Gasteiger partial charge in [-0.25, -0.2) is 4.79 Å². The lowest BCUT2D eigenvalue weighted by Crippen LogP contribution is -1.97. The van der Waals surface area contributed by atoms with E-state index in [1.807, 2.05) is 24.4 Å². The van der Waals surface area contributed by atoms with Crippen LogP contribution in [-0.4, -0.2) is 15.6 Å².